The molecule has 0 N–H and O–H groups in total. The molecule has 0 bridgehead atoms. The van der Waals surface area contributed by atoms with Crippen molar-refractivity contribution in [1.29, 1.82) is 0 Å². The minimum absolute atomic E-state index is 0.149. The summed E-state index contributed by atoms with van der Waals surface area (Å²) >= 11 is 0. The van der Waals surface area contributed by atoms with E-state index in [4.69, 9.17) is 4.74 Å². The van der Waals surface area contributed by atoms with Crippen LogP contribution in [-0.4, -0.2) is 40.0 Å². The van der Waals surface area contributed by atoms with Gasteiger partial charge in [0.2, 0.25) is 11.8 Å². The van der Waals surface area contributed by atoms with Crippen molar-refractivity contribution in [1.82, 2.24) is 14.9 Å². The number of likely N-dealkylation sites (tertiary alicyclic amines) is 1. The van der Waals surface area contributed by atoms with Crippen LogP contribution in [-0.2, 0) is 4.79 Å². The minimum atomic E-state index is 0.149. The summed E-state index contributed by atoms with van der Waals surface area (Å²) in [6.07, 6.45) is 14.0. The molecule has 1 saturated heterocycles. The molecule has 0 aromatic carbocycles. The van der Waals surface area contributed by atoms with Crippen LogP contribution in [0.25, 0.3) is 0 Å². The molecule has 0 radical (unpaired) electrons. The molecule has 1 aliphatic heterocycles. The lowest BCUT2D eigenvalue weighted by Crippen LogP contribution is -2.42. The zero-order valence-corrected chi connectivity index (χ0v) is 13.1. The first-order valence-electron chi connectivity index (χ1n) is 8.52. The van der Waals surface area contributed by atoms with E-state index in [-0.39, 0.29) is 6.10 Å². The van der Waals surface area contributed by atoms with Crippen LogP contribution in [0.2, 0.25) is 0 Å². The Morgan fingerprint density at radius 2 is 1.91 bits per heavy atom. The second-order valence-electron chi connectivity index (χ2n) is 6.45. The monoisotopic (exact) mass is 303 g/mol. The first-order valence-corrected chi connectivity index (χ1v) is 8.52. The number of hydrogen-bond acceptors (Lipinski definition) is 4. The van der Waals surface area contributed by atoms with Gasteiger partial charge in [-0.25, -0.2) is 4.98 Å². The number of rotatable bonds is 4. The van der Waals surface area contributed by atoms with Crippen molar-refractivity contribution in [3.05, 3.63) is 18.6 Å². The lowest BCUT2D eigenvalue weighted by molar-refractivity contribution is -0.134. The molecule has 2 aliphatic rings. The fourth-order valence-electron chi connectivity index (χ4n) is 3.51. The maximum absolute atomic E-state index is 12.4. The zero-order valence-electron chi connectivity index (χ0n) is 13.1. The van der Waals surface area contributed by atoms with E-state index in [9.17, 15) is 4.79 Å². The number of nitrogens with zero attached hydrogens (tertiary/aromatic N) is 3. The van der Waals surface area contributed by atoms with Crippen LogP contribution in [0, 0.1) is 5.92 Å². The summed E-state index contributed by atoms with van der Waals surface area (Å²) < 4.78 is 5.82. The van der Waals surface area contributed by atoms with Crippen LogP contribution < -0.4 is 4.74 Å². The smallest absolute Gasteiger partial charge is 0.232 e. The number of hydrogen-bond donors (Lipinski definition) is 0. The highest BCUT2D eigenvalue weighted by atomic mass is 16.5. The molecule has 5 nitrogen and oxygen atoms in total. The zero-order chi connectivity index (χ0) is 15.2. The first-order chi connectivity index (χ1) is 10.8. The van der Waals surface area contributed by atoms with Crippen LogP contribution in [0.1, 0.15) is 51.4 Å². The van der Waals surface area contributed by atoms with Gasteiger partial charge in [-0.3, -0.25) is 9.78 Å². The van der Waals surface area contributed by atoms with E-state index >= 15 is 0 Å². The molecule has 2 fully saturated rings. The first kappa shape index (κ1) is 15.3. The molecule has 1 aliphatic carbocycles. The summed E-state index contributed by atoms with van der Waals surface area (Å²) in [6, 6.07) is 0. The molecule has 2 heterocycles. The summed E-state index contributed by atoms with van der Waals surface area (Å²) in [5, 5.41) is 0. The van der Waals surface area contributed by atoms with Gasteiger partial charge in [0.25, 0.3) is 0 Å². The number of carbonyl (C=O) groups excluding carboxylic acids is 1. The van der Waals surface area contributed by atoms with Gasteiger partial charge in [-0.15, -0.1) is 0 Å². The maximum Gasteiger partial charge on any atom is 0.232 e. The molecule has 0 unspecified atom stereocenters. The van der Waals surface area contributed by atoms with Gasteiger partial charge in [-0.1, -0.05) is 19.3 Å². The largest absolute Gasteiger partial charge is 0.473 e. The Kier molecular flexibility index (Phi) is 5.24. The summed E-state index contributed by atoms with van der Waals surface area (Å²) in [7, 11) is 0. The number of aromatic nitrogens is 2. The molecule has 0 spiro atoms. The molecular weight excluding hydrogens is 278 g/mol. The van der Waals surface area contributed by atoms with E-state index in [2.05, 4.69) is 9.97 Å². The van der Waals surface area contributed by atoms with Crippen LogP contribution in [0.4, 0.5) is 0 Å². The van der Waals surface area contributed by atoms with Crippen molar-refractivity contribution < 1.29 is 9.53 Å². The third kappa shape index (κ3) is 4.18. The van der Waals surface area contributed by atoms with Crippen molar-refractivity contribution in [2.24, 2.45) is 5.92 Å². The normalized spacial score (nSPS) is 20.8. The number of piperidine rings is 1. The van der Waals surface area contributed by atoms with Crippen LogP contribution in [0.15, 0.2) is 18.6 Å². The van der Waals surface area contributed by atoms with Crippen LogP contribution >= 0.6 is 0 Å². The second kappa shape index (κ2) is 7.56. The Balaban J connectivity index is 1.42. The highest BCUT2D eigenvalue weighted by molar-refractivity contribution is 5.76. The Labute approximate surface area is 132 Å². The van der Waals surface area contributed by atoms with Gasteiger partial charge in [0, 0.05) is 44.7 Å². The van der Waals surface area contributed by atoms with Gasteiger partial charge >= 0.3 is 0 Å². The molecule has 1 aromatic heterocycles. The summed E-state index contributed by atoms with van der Waals surface area (Å²) in [4.78, 5) is 22.6. The Bertz CT molecular complexity index is 466. The molecule has 1 saturated carbocycles. The highest BCUT2D eigenvalue weighted by Gasteiger charge is 2.26. The van der Waals surface area contributed by atoms with E-state index in [1.54, 1.807) is 18.6 Å². The molecule has 5 heteroatoms. The number of amides is 1. The van der Waals surface area contributed by atoms with Gasteiger partial charge in [0.05, 0.1) is 6.20 Å². The fourth-order valence-corrected chi connectivity index (χ4v) is 3.51. The van der Waals surface area contributed by atoms with Gasteiger partial charge in [-0.2, -0.15) is 0 Å². The minimum Gasteiger partial charge on any atom is -0.473 e. The van der Waals surface area contributed by atoms with Crippen molar-refractivity contribution in [3.8, 4) is 5.88 Å². The van der Waals surface area contributed by atoms with Crippen LogP contribution in [0.3, 0.4) is 0 Å². The van der Waals surface area contributed by atoms with E-state index in [0.29, 0.717) is 17.7 Å². The van der Waals surface area contributed by atoms with Crippen molar-refractivity contribution in [2.45, 2.75) is 57.5 Å². The van der Waals surface area contributed by atoms with Crippen molar-refractivity contribution >= 4 is 5.91 Å². The molecule has 22 heavy (non-hydrogen) atoms. The highest BCUT2D eigenvalue weighted by Crippen LogP contribution is 2.27. The molecule has 1 amide bonds. The summed E-state index contributed by atoms with van der Waals surface area (Å²) in [5.41, 5.74) is 0. The summed E-state index contributed by atoms with van der Waals surface area (Å²) in [6.45, 7) is 1.60. The lowest BCUT2D eigenvalue weighted by atomic mass is 9.86. The predicted octanol–water partition coefficient (Wildman–Crippen LogP) is 2.82. The van der Waals surface area contributed by atoms with E-state index < -0.39 is 0 Å². The van der Waals surface area contributed by atoms with Crippen molar-refractivity contribution in [3.63, 3.8) is 0 Å². The average molecular weight is 303 g/mol. The van der Waals surface area contributed by atoms with Crippen molar-refractivity contribution in [2.75, 3.05) is 13.1 Å². The second-order valence-corrected chi connectivity index (χ2v) is 6.45. The van der Waals surface area contributed by atoms with Gasteiger partial charge in [-0.05, 0) is 18.8 Å². The van der Waals surface area contributed by atoms with Crippen LogP contribution in [0.5, 0.6) is 5.88 Å². The maximum atomic E-state index is 12.4. The number of ether oxygens (including phenoxy) is 1. The quantitative estimate of drug-likeness (QED) is 0.858. The van der Waals surface area contributed by atoms with E-state index in [0.717, 1.165) is 32.4 Å². The predicted molar refractivity (Wildman–Crippen MR) is 83.5 cm³/mol. The third-order valence-electron chi connectivity index (χ3n) is 4.81. The Hall–Kier alpha value is -1.65. The molecule has 3 rings (SSSR count). The van der Waals surface area contributed by atoms with Gasteiger partial charge in [0.15, 0.2) is 0 Å². The SMILES string of the molecule is O=C(CC1CCCCC1)N1CCC(Oc2cnccn2)CC1. The molecule has 120 valence electrons. The summed E-state index contributed by atoms with van der Waals surface area (Å²) in [5.74, 6) is 1.54. The van der Waals surface area contributed by atoms with Gasteiger partial charge < -0.3 is 9.64 Å². The van der Waals surface area contributed by atoms with E-state index in [1.165, 1.54) is 32.1 Å². The lowest BCUT2D eigenvalue weighted by Gasteiger charge is -2.33. The fraction of sp³-hybridized carbons (Fsp3) is 0.706. The molecule has 0 atom stereocenters. The molecule has 1 aromatic rings. The van der Waals surface area contributed by atoms with Gasteiger partial charge in [0.1, 0.15) is 6.10 Å². The Morgan fingerprint density at radius 3 is 2.59 bits per heavy atom. The topological polar surface area (TPSA) is 55.3 Å². The molecular formula is C17H25N3O2. The average Bonchev–Trinajstić information content (AvgIpc) is 2.57. The van der Waals surface area contributed by atoms with E-state index in [1.807, 2.05) is 4.90 Å². The third-order valence-corrected chi connectivity index (χ3v) is 4.81. The Morgan fingerprint density at radius 1 is 1.14 bits per heavy atom. The standard InChI is InChI=1S/C17H25N3O2/c21-17(12-14-4-2-1-3-5-14)20-10-6-15(7-11-20)22-16-13-18-8-9-19-16/h8-9,13-15H,1-7,10-12H2. The number of carbonyl (C=O) groups is 1.